The van der Waals surface area contributed by atoms with Crippen molar-refractivity contribution in [3.8, 4) is 17.2 Å². The van der Waals surface area contributed by atoms with E-state index in [4.69, 9.17) is 19.9 Å². The van der Waals surface area contributed by atoms with E-state index >= 15 is 0 Å². The molecule has 0 spiro atoms. The van der Waals surface area contributed by atoms with Crippen molar-refractivity contribution in [2.45, 2.75) is 85.7 Å². The highest BCUT2D eigenvalue weighted by molar-refractivity contribution is 5.52. The first-order chi connectivity index (χ1) is 10.7. The summed E-state index contributed by atoms with van der Waals surface area (Å²) in [5.74, 6) is 2.27. The molecule has 1 aromatic rings. The number of hydrogen-bond acceptors (Lipinski definition) is 4. The predicted molar refractivity (Wildman–Crippen MR) is 95.6 cm³/mol. The summed E-state index contributed by atoms with van der Waals surface area (Å²) in [6, 6.07) is 3.74. The molecule has 2 N–H and O–H groups in total. The fraction of sp³-hybridized carbons (Fsp3) is 0.684. The Morgan fingerprint density at radius 1 is 0.826 bits per heavy atom. The zero-order chi connectivity index (χ0) is 17.6. The zero-order valence-corrected chi connectivity index (χ0v) is 15.7. The average molecular weight is 323 g/mol. The Balaban J connectivity index is 3.38. The van der Waals surface area contributed by atoms with Crippen molar-refractivity contribution in [3.63, 3.8) is 0 Å². The largest absolute Gasteiger partial charge is 0.491 e. The second-order valence-corrected chi connectivity index (χ2v) is 6.73. The lowest BCUT2D eigenvalue weighted by Crippen LogP contribution is -2.18. The minimum atomic E-state index is -0.115. The van der Waals surface area contributed by atoms with E-state index < -0.39 is 0 Å². The minimum Gasteiger partial charge on any atom is -0.491 e. The topological polar surface area (TPSA) is 53.7 Å². The van der Waals surface area contributed by atoms with Crippen LogP contribution >= 0.6 is 0 Å². The predicted octanol–water partition coefficient (Wildman–Crippen LogP) is 4.85. The van der Waals surface area contributed by atoms with Crippen LogP contribution in [0.15, 0.2) is 12.1 Å². The lowest BCUT2D eigenvalue weighted by molar-refractivity contribution is 0.211. The van der Waals surface area contributed by atoms with E-state index in [1.165, 1.54) is 0 Å². The third-order valence-corrected chi connectivity index (χ3v) is 3.15. The lowest BCUT2D eigenvalue weighted by atomic mass is 10.0. The maximum absolute atomic E-state index is 6.41. The van der Waals surface area contributed by atoms with Gasteiger partial charge < -0.3 is 19.9 Å². The molecule has 0 heterocycles. The molecule has 132 valence electrons. The van der Waals surface area contributed by atoms with Gasteiger partial charge in [-0.1, -0.05) is 13.3 Å². The van der Waals surface area contributed by atoms with Crippen molar-refractivity contribution in [2.75, 3.05) is 0 Å². The molecule has 1 aromatic carbocycles. The van der Waals surface area contributed by atoms with Crippen molar-refractivity contribution < 1.29 is 14.2 Å². The molecule has 0 saturated heterocycles. The highest BCUT2D eigenvalue weighted by atomic mass is 16.5. The first-order valence-electron chi connectivity index (χ1n) is 8.68. The van der Waals surface area contributed by atoms with Crippen LogP contribution in [-0.4, -0.2) is 18.3 Å². The molecule has 0 fully saturated rings. The molecule has 0 aliphatic carbocycles. The van der Waals surface area contributed by atoms with Gasteiger partial charge in [-0.05, 0) is 48.0 Å². The van der Waals surface area contributed by atoms with Gasteiger partial charge in [-0.15, -0.1) is 0 Å². The van der Waals surface area contributed by atoms with E-state index in [0.717, 1.165) is 35.7 Å². The van der Waals surface area contributed by atoms with Gasteiger partial charge in [0.05, 0.1) is 23.9 Å². The Morgan fingerprint density at radius 2 is 1.26 bits per heavy atom. The average Bonchev–Trinajstić information content (AvgIpc) is 2.35. The van der Waals surface area contributed by atoms with Crippen molar-refractivity contribution in [1.29, 1.82) is 0 Å². The van der Waals surface area contributed by atoms with Gasteiger partial charge in [0.2, 0.25) is 0 Å². The molecular weight excluding hydrogens is 290 g/mol. The van der Waals surface area contributed by atoms with Gasteiger partial charge in [0.25, 0.3) is 0 Å². The summed E-state index contributed by atoms with van der Waals surface area (Å²) in [6.07, 6.45) is 2.09. The van der Waals surface area contributed by atoms with Gasteiger partial charge in [0.15, 0.2) is 0 Å². The molecule has 4 nitrogen and oxygen atoms in total. The highest BCUT2D eigenvalue weighted by Gasteiger charge is 2.21. The molecule has 0 aliphatic heterocycles. The van der Waals surface area contributed by atoms with Gasteiger partial charge in [-0.2, -0.15) is 0 Å². The van der Waals surface area contributed by atoms with Crippen molar-refractivity contribution >= 4 is 0 Å². The second kappa shape index (κ2) is 9.02. The second-order valence-electron chi connectivity index (χ2n) is 6.73. The van der Waals surface area contributed by atoms with Crippen LogP contribution in [0.2, 0.25) is 0 Å². The standard InChI is InChI=1S/C19H33NO3/c1-8-9-16(20)19-17(22-13(4)5)10-15(21-12(2)3)11-18(19)23-14(6)7/h10-14,16H,8-9,20H2,1-7H3. The molecule has 0 saturated carbocycles. The molecule has 0 amide bonds. The molecule has 1 rings (SSSR count). The van der Waals surface area contributed by atoms with Crippen molar-refractivity contribution in [3.05, 3.63) is 17.7 Å². The number of nitrogens with two attached hydrogens (primary N) is 1. The monoisotopic (exact) mass is 323 g/mol. The van der Waals surface area contributed by atoms with Crippen LogP contribution in [-0.2, 0) is 0 Å². The number of rotatable bonds is 9. The molecule has 0 bridgehead atoms. The lowest BCUT2D eigenvalue weighted by Gasteiger charge is -2.24. The van der Waals surface area contributed by atoms with Crippen LogP contribution in [0.3, 0.4) is 0 Å². The van der Waals surface area contributed by atoms with Crippen LogP contribution in [0, 0.1) is 0 Å². The Bertz CT molecular complexity index is 452. The molecular formula is C19H33NO3. The summed E-state index contributed by atoms with van der Waals surface area (Å²) < 4.78 is 17.9. The molecule has 0 aromatic heterocycles. The third-order valence-electron chi connectivity index (χ3n) is 3.15. The van der Waals surface area contributed by atoms with E-state index in [-0.39, 0.29) is 24.4 Å². The summed E-state index contributed by atoms with van der Waals surface area (Å²) >= 11 is 0. The van der Waals surface area contributed by atoms with Gasteiger partial charge in [-0.3, -0.25) is 0 Å². The Kier molecular flexibility index (Phi) is 7.69. The van der Waals surface area contributed by atoms with Crippen LogP contribution in [0.4, 0.5) is 0 Å². The summed E-state index contributed by atoms with van der Waals surface area (Å²) in [5, 5.41) is 0. The van der Waals surface area contributed by atoms with E-state index in [1.54, 1.807) is 0 Å². The van der Waals surface area contributed by atoms with E-state index in [2.05, 4.69) is 6.92 Å². The molecule has 0 aliphatic rings. The van der Waals surface area contributed by atoms with Crippen molar-refractivity contribution in [1.82, 2.24) is 0 Å². The fourth-order valence-corrected chi connectivity index (χ4v) is 2.44. The van der Waals surface area contributed by atoms with Crippen LogP contribution < -0.4 is 19.9 Å². The van der Waals surface area contributed by atoms with E-state index in [0.29, 0.717) is 0 Å². The summed E-state index contributed by atoms with van der Waals surface area (Å²) in [5.41, 5.74) is 7.34. The number of benzene rings is 1. The first kappa shape index (κ1) is 19.6. The first-order valence-corrected chi connectivity index (χ1v) is 8.68. The summed E-state index contributed by atoms with van der Waals surface area (Å²) in [7, 11) is 0. The van der Waals surface area contributed by atoms with E-state index in [9.17, 15) is 0 Å². The number of ether oxygens (including phenoxy) is 3. The van der Waals surface area contributed by atoms with E-state index in [1.807, 2.05) is 53.7 Å². The van der Waals surface area contributed by atoms with Crippen molar-refractivity contribution in [2.24, 2.45) is 5.73 Å². The van der Waals surface area contributed by atoms with Crippen LogP contribution in [0.1, 0.15) is 72.9 Å². The van der Waals surface area contributed by atoms with Crippen LogP contribution in [0.5, 0.6) is 17.2 Å². The fourth-order valence-electron chi connectivity index (χ4n) is 2.44. The van der Waals surface area contributed by atoms with Gasteiger partial charge in [0, 0.05) is 18.2 Å². The molecule has 1 atom stereocenters. The Hall–Kier alpha value is -1.42. The van der Waals surface area contributed by atoms with Gasteiger partial charge >= 0.3 is 0 Å². The molecule has 0 radical (unpaired) electrons. The maximum Gasteiger partial charge on any atom is 0.131 e. The maximum atomic E-state index is 6.41. The van der Waals surface area contributed by atoms with Gasteiger partial charge in [-0.25, -0.2) is 0 Å². The summed E-state index contributed by atoms with van der Waals surface area (Å²) in [6.45, 7) is 14.2. The Labute approximate surface area is 141 Å². The Morgan fingerprint density at radius 3 is 1.61 bits per heavy atom. The quantitative estimate of drug-likeness (QED) is 0.706. The minimum absolute atomic E-state index is 0.0591. The van der Waals surface area contributed by atoms with Gasteiger partial charge in [0.1, 0.15) is 17.2 Å². The summed E-state index contributed by atoms with van der Waals surface area (Å²) in [4.78, 5) is 0. The zero-order valence-electron chi connectivity index (χ0n) is 15.7. The number of hydrogen-bond donors (Lipinski definition) is 1. The highest BCUT2D eigenvalue weighted by Crippen LogP contribution is 2.40. The third kappa shape index (κ3) is 6.30. The molecule has 1 unspecified atom stereocenters. The molecule has 4 heteroatoms. The van der Waals surface area contributed by atoms with Crippen LogP contribution in [0.25, 0.3) is 0 Å². The smallest absolute Gasteiger partial charge is 0.131 e. The molecule has 23 heavy (non-hydrogen) atoms. The SMILES string of the molecule is CCCC(N)c1c(OC(C)C)cc(OC(C)C)cc1OC(C)C. The normalized spacial score (nSPS) is 12.8.